The zero-order valence-corrected chi connectivity index (χ0v) is 13.7. The normalized spacial score (nSPS) is 20.9. The molecular formula is C18H14F5NO3. The average molecular weight is 387 g/mol. The largest absolute Gasteiger partial charge is 0.458 e. The van der Waals surface area contributed by atoms with Crippen molar-refractivity contribution in [3.63, 3.8) is 0 Å². The zero-order chi connectivity index (χ0) is 19.8. The van der Waals surface area contributed by atoms with E-state index in [-0.39, 0.29) is 23.3 Å². The highest BCUT2D eigenvalue weighted by molar-refractivity contribution is 6.01. The Hall–Kier alpha value is -2.52. The number of benzene rings is 2. The molecule has 0 saturated heterocycles. The highest BCUT2D eigenvalue weighted by atomic mass is 19.4. The predicted octanol–water partition coefficient (Wildman–Crippen LogP) is 3.62. The van der Waals surface area contributed by atoms with Gasteiger partial charge in [-0.05, 0) is 22.8 Å². The standard InChI is InChI=1S/C18H14F5NO3/c19-13-6-5-12(14(20)8-13)7-16(25)11-3-1-10(2-4-11)15-9-17(26,27-24-15)18(21,22)23/h1-6,8,16,25-26H,7,9H2. The van der Waals surface area contributed by atoms with Crippen LogP contribution in [0.1, 0.15) is 29.2 Å². The van der Waals surface area contributed by atoms with E-state index < -0.39 is 36.1 Å². The summed E-state index contributed by atoms with van der Waals surface area (Å²) in [6.07, 6.45) is -7.07. The van der Waals surface area contributed by atoms with Crippen molar-refractivity contribution in [2.24, 2.45) is 5.16 Å². The van der Waals surface area contributed by atoms with Crippen LogP contribution in [0.25, 0.3) is 0 Å². The van der Waals surface area contributed by atoms with Gasteiger partial charge in [-0.2, -0.15) is 13.2 Å². The van der Waals surface area contributed by atoms with Crippen molar-refractivity contribution in [2.75, 3.05) is 0 Å². The van der Waals surface area contributed by atoms with E-state index in [9.17, 15) is 32.2 Å². The van der Waals surface area contributed by atoms with Crippen LogP contribution in [0.2, 0.25) is 0 Å². The molecule has 0 bridgehead atoms. The maximum Gasteiger partial charge on any atom is 0.458 e. The molecule has 27 heavy (non-hydrogen) atoms. The van der Waals surface area contributed by atoms with Crippen LogP contribution in [0.3, 0.4) is 0 Å². The number of nitrogens with zero attached hydrogens (tertiary/aromatic N) is 1. The molecular weight excluding hydrogens is 373 g/mol. The molecule has 2 N–H and O–H groups in total. The summed E-state index contributed by atoms with van der Waals surface area (Å²) in [7, 11) is 0. The van der Waals surface area contributed by atoms with Gasteiger partial charge in [0.15, 0.2) is 0 Å². The zero-order valence-electron chi connectivity index (χ0n) is 13.7. The minimum absolute atomic E-state index is 0.0968. The molecule has 1 heterocycles. The summed E-state index contributed by atoms with van der Waals surface area (Å²) in [5, 5.41) is 22.9. The molecule has 0 radical (unpaired) electrons. The van der Waals surface area contributed by atoms with Crippen LogP contribution in [0, 0.1) is 11.6 Å². The highest BCUT2D eigenvalue weighted by Crippen LogP contribution is 2.39. The molecule has 0 fully saturated rings. The molecule has 0 aromatic heterocycles. The van der Waals surface area contributed by atoms with Gasteiger partial charge < -0.3 is 15.1 Å². The fourth-order valence-corrected chi connectivity index (χ4v) is 2.64. The van der Waals surface area contributed by atoms with Gasteiger partial charge in [0.1, 0.15) is 11.6 Å². The third-order valence-electron chi connectivity index (χ3n) is 4.21. The topological polar surface area (TPSA) is 62.1 Å². The third kappa shape index (κ3) is 3.93. The summed E-state index contributed by atoms with van der Waals surface area (Å²) >= 11 is 0. The van der Waals surface area contributed by atoms with Gasteiger partial charge in [0.25, 0.3) is 0 Å². The van der Waals surface area contributed by atoms with Crippen molar-refractivity contribution in [1.29, 1.82) is 0 Å². The fraction of sp³-hybridized carbons (Fsp3) is 0.278. The minimum Gasteiger partial charge on any atom is -0.388 e. The smallest absolute Gasteiger partial charge is 0.388 e. The van der Waals surface area contributed by atoms with Gasteiger partial charge in [0, 0.05) is 12.5 Å². The molecule has 0 spiro atoms. The summed E-state index contributed by atoms with van der Waals surface area (Å²) in [5.41, 5.74) is 0.685. The molecule has 1 aliphatic rings. The first-order valence-electron chi connectivity index (χ1n) is 7.85. The molecule has 4 nitrogen and oxygen atoms in total. The highest BCUT2D eigenvalue weighted by Gasteiger charge is 2.60. The van der Waals surface area contributed by atoms with Crippen LogP contribution >= 0.6 is 0 Å². The second kappa shape index (κ2) is 6.90. The van der Waals surface area contributed by atoms with E-state index >= 15 is 0 Å². The molecule has 0 aliphatic carbocycles. The fourth-order valence-electron chi connectivity index (χ4n) is 2.64. The summed E-state index contributed by atoms with van der Waals surface area (Å²) in [6, 6.07) is 8.71. The first-order valence-corrected chi connectivity index (χ1v) is 7.85. The lowest BCUT2D eigenvalue weighted by Crippen LogP contribution is -2.45. The number of oxime groups is 1. The molecule has 3 rings (SSSR count). The first kappa shape index (κ1) is 19.2. The second-order valence-electron chi connectivity index (χ2n) is 6.17. The molecule has 144 valence electrons. The molecule has 2 atom stereocenters. The lowest BCUT2D eigenvalue weighted by molar-refractivity contribution is -0.355. The van der Waals surface area contributed by atoms with Crippen LogP contribution in [0.15, 0.2) is 47.6 Å². The maximum atomic E-state index is 13.7. The van der Waals surface area contributed by atoms with E-state index in [0.29, 0.717) is 11.6 Å². The summed E-state index contributed by atoms with van der Waals surface area (Å²) in [5.74, 6) is -4.87. The minimum atomic E-state index is -4.99. The van der Waals surface area contributed by atoms with E-state index in [2.05, 4.69) is 9.99 Å². The summed E-state index contributed by atoms with van der Waals surface area (Å²) in [4.78, 5) is 4.15. The Morgan fingerprint density at radius 2 is 1.78 bits per heavy atom. The van der Waals surface area contributed by atoms with Gasteiger partial charge >= 0.3 is 12.0 Å². The van der Waals surface area contributed by atoms with E-state index in [4.69, 9.17) is 0 Å². The first-order chi connectivity index (χ1) is 12.6. The summed E-state index contributed by atoms with van der Waals surface area (Å²) < 4.78 is 64.8. The number of rotatable bonds is 4. The van der Waals surface area contributed by atoms with Gasteiger partial charge in [-0.25, -0.2) is 8.78 Å². The van der Waals surface area contributed by atoms with Crippen molar-refractivity contribution < 1.29 is 37.0 Å². The molecule has 0 amide bonds. The monoisotopic (exact) mass is 387 g/mol. The predicted molar refractivity (Wildman–Crippen MR) is 84.7 cm³/mol. The SMILES string of the molecule is OC(Cc1ccc(F)cc1F)c1ccc(C2=NOC(O)(C(F)(F)F)C2)cc1. The molecule has 2 aromatic rings. The van der Waals surface area contributed by atoms with Crippen molar-refractivity contribution in [3.05, 3.63) is 70.8 Å². The molecule has 9 heteroatoms. The third-order valence-corrected chi connectivity index (χ3v) is 4.21. The number of hydrogen-bond donors (Lipinski definition) is 2. The van der Waals surface area contributed by atoms with E-state index in [1.54, 1.807) is 0 Å². The second-order valence-corrected chi connectivity index (χ2v) is 6.17. The number of alkyl halides is 3. The lowest BCUT2D eigenvalue weighted by Gasteiger charge is -2.22. The van der Waals surface area contributed by atoms with E-state index in [0.717, 1.165) is 6.07 Å². The van der Waals surface area contributed by atoms with Crippen LogP contribution in [0.5, 0.6) is 0 Å². The van der Waals surface area contributed by atoms with Gasteiger partial charge in [0.05, 0.1) is 18.2 Å². The maximum absolute atomic E-state index is 13.7. The lowest BCUT2D eigenvalue weighted by atomic mass is 9.97. The van der Waals surface area contributed by atoms with Crippen LogP contribution in [0.4, 0.5) is 22.0 Å². The molecule has 2 aromatic carbocycles. The van der Waals surface area contributed by atoms with Gasteiger partial charge in [-0.3, -0.25) is 0 Å². The molecule has 2 unspecified atom stereocenters. The molecule has 1 aliphatic heterocycles. The Kier molecular flexibility index (Phi) is 4.92. The Bertz CT molecular complexity index is 866. The Morgan fingerprint density at radius 3 is 2.33 bits per heavy atom. The Balaban J connectivity index is 1.70. The quantitative estimate of drug-likeness (QED) is 0.788. The van der Waals surface area contributed by atoms with E-state index in [1.807, 2.05) is 0 Å². The molecule has 0 saturated carbocycles. The number of hydrogen-bond acceptors (Lipinski definition) is 4. The van der Waals surface area contributed by atoms with Crippen molar-refractivity contribution in [2.45, 2.75) is 30.9 Å². The Morgan fingerprint density at radius 1 is 1.11 bits per heavy atom. The van der Waals surface area contributed by atoms with E-state index in [1.165, 1.54) is 30.3 Å². The van der Waals surface area contributed by atoms with Crippen LogP contribution < -0.4 is 0 Å². The number of halogens is 5. The van der Waals surface area contributed by atoms with Crippen molar-refractivity contribution in [1.82, 2.24) is 0 Å². The summed E-state index contributed by atoms with van der Waals surface area (Å²) in [6.45, 7) is 0. The van der Waals surface area contributed by atoms with Gasteiger partial charge in [0.2, 0.25) is 0 Å². The van der Waals surface area contributed by atoms with Crippen LogP contribution in [-0.2, 0) is 11.3 Å². The van der Waals surface area contributed by atoms with Gasteiger partial charge in [-0.15, -0.1) is 0 Å². The number of aliphatic hydroxyl groups excluding tert-OH is 1. The number of aliphatic hydroxyl groups is 2. The average Bonchev–Trinajstić information content (AvgIpc) is 3.01. The van der Waals surface area contributed by atoms with Crippen molar-refractivity contribution in [3.8, 4) is 0 Å². The Labute approximate surface area is 150 Å². The van der Waals surface area contributed by atoms with Crippen LogP contribution in [-0.4, -0.2) is 27.9 Å². The van der Waals surface area contributed by atoms with Gasteiger partial charge in [-0.1, -0.05) is 35.5 Å². The van der Waals surface area contributed by atoms with Crippen molar-refractivity contribution >= 4 is 5.71 Å².